The van der Waals surface area contributed by atoms with Crippen molar-refractivity contribution >= 4 is 11.8 Å². The summed E-state index contributed by atoms with van der Waals surface area (Å²) in [7, 11) is 3.98. The molecule has 0 atom stereocenters. The van der Waals surface area contributed by atoms with Crippen molar-refractivity contribution in [3.63, 3.8) is 0 Å². The number of pyridine rings is 1. The zero-order valence-electron chi connectivity index (χ0n) is 15.0. The molecule has 0 aliphatic heterocycles. The highest BCUT2D eigenvalue weighted by molar-refractivity contribution is 5.79. The van der Waals surface area contributed by atoms with E-state index in [1.54, 1.807) is 0 Å². The Kier molecular flexibility index (Phi) is 6.61. The van der Waals surface area contributed by atoms with Crippen LogP contribution in [0.25, 0.3) is 0 Å². The van der Waals surface area contributed by atoms with Crippen LogP contribution in [-0.2, 0) is 13.1 Å². The highest BCUT2D eigenvalue weighted by Crippen LogP contribution is 2.10. The molecule has 24 heavy (non-hydrogen) atoms. The first-order valence-electron chi connectivity index (χ1n) is 8.28. The van der Waals surface area contributed by atoms with E-state index in [9.17, 15) is 0 Å². The molecule has 5 nitrogen and oxygen atoms in total. The molecule has 0 amide bonds. The molecule has 0 fully saturated rings. The van der Waals surface area contributed by atoms with Crippen molar-refractivity contribution in [2.24, 2.45) is 4.99 Å². The molecule has 0 spiro atoms. The van der Waals surface area contributed by atoms with Gasteiger partial charge in [-0.2, -0.15) is 0 Å². The fourth-order valence-electron chi connectivity index (χ4n) is 2.21. The summed E-state index contributed by atoms with van der Waals surface area (Å²) < 4.78 is 0. The minimum atomic E-state index is 0.618. The second-order valence-electron chi connectivity index (χ2n) is 5.95. The third-order valence-electron chi connectivity index (χ3n) is 3.61. The van der Waals surface area contributed by atoms with Crippen LogP contribution in [-0.4, -0.2) is 31.6 Å². The van der Waals surface area contributed by atoms with Crippen LogP contribution in [0.1, 0.15) is 23.6 Å². The Morgan fingerprint density at radius 3 is 2.50 bits per heavy atom. The zero-order chi connectivity index (χ0) is 17.4. The van der Waals surface area contributed by atoms with E-state index in [0.717, 1.165) is 30.4 Å². The molecular formula is C19H27N5. The summed E-state index contributed by atoms with van der Waals surface area (Å²) in [5, 5.41) is 6.66. The number of benzene rings is 1. The molecule has 2 aromatic rings. The summed E-state index contributed by atoms with van der Waals surface area (Å²) in [5.41, 5.74) is 3.65. The Labute approximate surface area is 144 Å². The summed E-state index contributed by atoms with van der Waals surface area (Å²) in [6.45, 7) is 6.37. The molecule has 5 heteroatoms. The van der Waals surface area contributed by atoms with Crippen LogP contribution in [0, 0.1) is 6.92 Å². The van der Waals surface area contributed by atoms with Crippen molar-refractivity contribution in [3.05, 3.63) is 59.3 Å². The number of hydrogen-bond acceptors (Lipinski definition) is 3. The molecule has 2 rings (SSSR count). The number of rotatable bonds is 6. The Balaban J connectivity index is 1.99. The third-order valence-corrected chi connectivity index (χ3v) is 3.61. The molecule has 0 saturated carbocycles. The number of nitrogens with one attached hydrogen (secondary N) is 2. The van der Waals surface area contributed by atoms with Gasteiger partial charge in [-0.05, 0) is 37.1 Å². The molecule has 0 aliphatic rings. The van der Waals surface area contributed by atoms with Crippen LogP contribution < -0.4 is 15.5 Å². The van der Waals surface area contributed by atoms with Gasteiger partial charge in [0, 0.05) is 33.4 Å². The summed E-state index contributed by atoms with van der Waals surface area (Å²) in [4.78, 5) is 11.0. The molecule has 0 saturated heterocycles. The number of aryl methyl sites for hydroxylation is 1. The second-order valence-corrected chi connectivity index (χ2v) is 5.95. The molecule has 0 aliphatic carbocycles. The number of guanidine groups is 1. The van der Waals surface area contributed by atoms with E-state index in [1.165, 1.54) is 11.1 Å². The van der Waals surface area contributed by atoms with Gasteiger partial charge in [-0.3, -0.25) is 0 Å². The topological polar surface area (TPSA) is 52.6 Å². The lowest BCUT2D eigenvalue weighted by Gasteiger charge is -2.13. The van der Waals surface area contributed by atoms with Crippen LogP contribution in [0.5, 0.6) is 0 Å². The number of anilines is 1. The molecule has 1 aromatic heterocycles. The molecule has 1 heterocycles. The minimum Gasteiger partial charge on any atom is -0.363 e. The fourth-order valence-corrected chi connectivity index (χ4v) is 2.21. The molecule has 0 bridgehead atoms. The number of aliphatic imine (C=N–C) groups is 1. The van der Waals surface area contributed by atoms with E-state index >= 15 is 0 Å². The van der Waals surface area contributed by atoms with Crippen LogP contribution in [0.2, 0.25) is 0 Å². The maximum absolute atomic E-state index is 4.66. The van der Waals surface area contributed by atoms with Gasteiger partial charge in [0.1, 0.15) is 5.82 Å². The van der Waals surface area contributed by atoms with Crippen molar-refractivity contribution in [3.8, 4) is 0 Å². The molecule has 128 valence electrons. The lowest BCUT2D eigenvalue weighted by molar-refractivity contribution is 0.815. The van der Waals surface area contributed by atoms with Gasteiger partial charge in [0.2, 0.25) is 0 Å². The van der Waals surface area contributed by atoms with Crippen molar-refractivity contribution in [2.45, 2.75) is 26.9 Å². The van der Waals surface area contributed by atoms with Crippen LogP contribution in [0.4, 0.5) is 5.82 Å². The van der Waals surface area contributed by atoms with Gasteiger partial charge in [0.05, 0.1) is 6.54 Å². The molecule has 0 unspecified atom stereocenters. The average Bonchev–Trinajstić information content (AvgIpc) is 2.59. The summed E-state index contributed by atoms with van der Waals surface area (Å²) >= 11 is 0. The van der Waals surface area contributed by atoms with Gasteiger partial charge < -0.3 is 15.5 Å². The van der Waals surface area contributed by atoms with Gasteiger partial charge in [0.15, 0.2) is 5.96 Å². The average molecular weight is 325 g/mol. The van der Waals surface area contributed by atoms with E-state index < -0.39 is 0 Å². The number of aromatic nitrogens is 1. The van der Waals surface area contributed by atoms with Crippen molar-refractivity contribution in [2.75, 3.05) is 25.5 Å². The predicted molar refractivity (Wildman–Crippen MR) is 101 cm³/mol. The maximum Gasteiger partial charge on any atom is 0.191 e. The SMILES string of the molecule is CCNC(=NCc1ccnc(N(C)C)c1)NCc1ccc(C)cc1. The quantitative estimate of drug-likeness (QED) is 0.633. The first-order chi connectivity index (χ1) is 11.6. The molecular weight excluding hydrogens is 298 g/mol. The van der Waals surface area contributed by atoms with Crippen molar-refractivity contribution in [1.29, 1.82) is 0 Å². The highest BCUT2D eigenvalue weighted by Gasteiger charge is 2.01. The molecule has 0 radical (unpaired) electrons. The van der Waals surface area contributed by atoms with E-state index in [0.29, 0.717) is 6.54 Å². The zero-order valence-corrected chi connectivity index (χ0v) is 15.0. The number of hydrogen-bond donors (Lipinski definition) is 2. The van der Waals surface area contributed by atoms with Gasteiger partial charge in [0.25, 0.3) is 0 Å². The summed E-state index contributed by atoms with van der Waals surface area (Å²) in [6.07, 6.45) is 1.83. The Morgan fingerprint density at radius 1 is 1.08 bits per heavy atom. The molecule has 2 N–H and O–H groups in total. The minimum absolute atomic E-state index is 0.618. The fraction of sp³-hybridized carbons (Fsp3) is 0.368. The van der Waals surface area contributed by atoms with Crippen LogP contribution in [0.15, 0.2) is 47.6 Å². The van der Waals surface area contributed by atoms with E-state index in [-0.39, 0.29) is 0 Å². The van der Waals surface area contributed by atoms with Gasteiger partial charge in [-0.25, -0.2) is 9.98 Å². The van der Waals surface area contributed by atoms with E-state index in [4.69, 9.17) is 0 Å². The lowest BCUT2D eigenvalue weighted by atomic mass is 10.1. The Morgan fingerprint density at radius 2 is 1.83 bits per heavy atom. The molecule has 1 aromatic carbocycles. The highest BCUT2D eigenvalue weighted by atomic mass is 15.2. The summed E-state index contributed by atoms with van der Waals surface area (Å²) in [5.74, 6) is 1.77. The van der Waals surface area contributed by atoms with Gasteiger partial charge in [-0.15, -0.1) is 0 Å². The normalized spacial score (nSPS) is 11.2. The largest absolute Gasteiger partial charge is 0.363 e. The van der Waals surface area contributed by atoms with Crippen LogP contribution >= 0.6 is 0 Å². The van der Waals surface area contributed by atoms with Gasteiger partial charge in [-0.1, -0.05) is 29.8 Å². The monoisotopic (exact) mass is 325 g/mol. The maximum atomic E-state index is 4.66. The Bertz CT molecular complexity index is 662. The lowest BCUT2D eigenvalue weighted by Crippen LogP contribution is -2.36. The van der Waals surface area contributed by atoms with Crippen molar-refractivity contribution in [1.82, 2.24) is 15.6 Å². The third kappa shape index (κ3) is 5.57. The Hall–Kier alpha value is -2.56. The first-order valence-corrected chi connectivity index (χ1v) is 8.28. The summed E-state index contributed by atoms with van der Waals surface area (Å²) in [6, 6.07) is 12.6. The van der Waals surface area contributed by atoms with E-state index in [2.05, 4.69) is 64.8 Å². The second kappa shape index (κ2) is 8.91. The number of nitrogens with zero attached hydrogens (tertiary/aromatic N) is 3. The first kappa shape index (κ1) is 17.8. The smallest absolute Gasteiger partial charge is 0.191 e. The van der Waals surface area contributed by atoms with Gasteiger partial charge >= 0.3 is 0 Å². The van der Waals surface area contributed by atoms with E-state index in [1.807, 2.05) is 31.3 Å². The predicted octanol–water partition coefficient (Wildman–Crippen LogP) is 2.71. The standard InChI is InChI=1S/C19H27N5/c1-5-20-19(22-13-16-8-6-15(2)7-9-16)23-14-17-10-11-21-18(12-17)24(3)4/h6-12H,5,13-14H2,1-4H3,(H2,20,22,23). The van der Waals surface area contributed by atoms with Crippen molar-refractivity contribution < 1.29 is 0 Å². The van der Waals surface area contributed by atoms with Crippen LogP contribution in [0.3, 0.4) is 0 Å².